The SMILES string of the molecule is C=CCn1cc(C(C)c2cccc(CCC(=O)OCC)c2F)nc1-c1cc(Oc2c(F)cc3c(ccn3COCC[Si](C)(C)C)c2F)ccc1C=C. The summed E-state index contributed by atoms with van der Waals surface area (Å²) in [6, 6.07) is 14.0. The first-order valence-electron chi connectivity index (χ1n) is 17.4. The first kappa shape index (κ1) is 38.4. The van der Waals surface area contributed by atoms with Crippen LogP contribution in [0.5, 0.6) is 11.5 Å². The highest BCUT2D eigenvalue weighted by Gasteiger charge is 2.23. The van der Waals surface area contributed by atoms with Gasteiger partial charge in [-0.3, -0.25) is 4.79 Å². The molecular formula is C41H46F3N3O4Si. The third-order valence-electron chi connectivity index (χ3n) is 8.90. The monoisotopic (exact) mass is 729 g/mol. The second kappa shape index (κ2) is 16.6. The summed E-state index contributed by atoms with van der Waals surface area (Å²) >= 11 is 0. The van der Waals surface area contributed by atoms with Crippen LogP contribution in [-0.4, -0.2) is 41.4 Å². The molecule has 0 aliphatic heterocycles. The molecule has 2 aromatic heterocycles. The van der Waals surface area contributed by atoms with Crippen molar-refractivity contribution in [2.24, 2.45) is 0 Å². The van der Waals surface area contributed by atoms with E-state index in [1.54, 1.807) is 72.3 Å². The number of ether oxygens (including phenoxy) is 3. The Morgan fingerprint density at radius 1 is 1.04 bits per heavy atom. The van der Waals surface area contributed by atoms with Crippen molar-refractivity contribution in [3.63, 3.8) is 0 Å². The third kappa shape index (κ3) is 8.76. The molecule has 0 N–H and O–H groups in total. The molecule has 52 heavy (non-hydrogen) atoms. The number of benzene rings is 3. The minimum atomic E-state index is -1.28. The normalized spacial score (nSPS) is 12.2. The van der Waals surface area contributed by atoms with Gasteiger partial charge in [0.1, 0.15) is 24.1 Å². The molecule has 7 nitrogen and oxygen atoms in total. The van der Waals surface area contributed by atoms with E-state index in [1.165, 1.54) is 6.07 Å². The average Bonchev–Trinajstić information content (AvgIpc) is 3.72. The second-order valence-electron chi connectivity index (χ2n) is 13.9. The van der Waals surface area contributed by atoms with Crippen LogP contribution in [0.1, 0.15) is 48.6 Å². The Hall–Kier alpha value is -4.87. The van der Waals surface area contributed by atoms with E-state index in [0.717, 1.165) is 6.04 Å². The zero-order valence-electron chi connectivity index (χ0n) is 30.5. The van der Waals surface area contributed by atoms with E-state index in [4.69, 9.17) is 19.2 Å². The van der Waals surface area contributed by atoms with E-state index in [0.29, 0.717) is 52.4 Å². The van der Waals surface area contributed by atoms with Crippen LogP contribution in [0.4, 0.5) is 13.2 Å². The van der Waals surface area contributed by atoms with E-state index in [1.807, 2.05) is 17.7 Å². The molecule has 11 heteroatoms. The number of aromatic nitrogens is 3. The van der Waals surface area contributed by atoms with Crippen molar-refractivity contribution < 1.29 is 32.2 Å². The van der Waals surface area contributed by atoms with Gasteiger partial charge in [0.05, 0.1) is 17.8 Å². The number of imidazole rings is 1. The van der Waals surface area contributed by atoms with E-state index >= 15 is 13.2 Å². The van der Waals surface area contributed by atoms with Gasteiger partial charge in [0.25, 0.3) is 0 Å². The van der Waals surface area contributed by atoms with E-state index in [2.05, 4.69) is 32.8 Å². The summed E-state index contributed by atoms with van der Waals surface area (Å²) in [5.41, 5.74) is 3.12. The number of hydrogen-bond acceptors (Lipinski definition) is 5. The summed E-state index contributed by atoms with van der Waals surface area (Å²) < 4.78 is 67.4. The fourth-order valence-electron chi connectivity index (χ4n) is 5.97. The summed E-state index contributed by atoms with van der Waals surface area (Å²) in [6.45, 7) is 19.6. The van der Waals surface area contributed by atoms with Gasteiger partial charge in [-0.05, 0) is 54.3 Å². The quantitative estimate of drug-likeness (QED) is 0.0413. The highest BCUT2D eigenvalue weighted by Crippen LogP contribution is 2.37. The topological polar surface area (TPSA) is 67.5 Å². The molecule has 0 amide bonds. The summed E-state index contributed by atoms with van der Waals surface area (Å²) in [6.07, 6.45) is 7.17. The molecule has 0 aliphatic rings. The Bertz CT molecular complexity index is 2080. The third-order valence-corrected chi connectivity index (χ3v) is 10.6. The fraction of sp³-hybridized carbons (Fsp3) is 0.317. The van der Waals surface area contributed by atoms with Crippen LogP contribution in [0.15, 0.2) is 80.2 Å². The number of hydrogen-bond donors (Lipinski definition) is 0. The number of rotatable bonds is 17. The Kier molecular flexibility index (Phi) is 12.3. The number of esters is 1. The Morgan fingerprint density at radius 3 is 2.54 bits per heavy atom. The second-order valence-corrected chi connectivity index (χ2v) is 19.5. The minimum Gasteiger partial charge on any atom is -0.466 e. The van der Waals surface area contributed by atoms with Gasteiger partial charge in [0.2, 0.25) is 0 Å². The van der Waals surface area contributed by atoms with E-state index < -0.39 is 37.2 Å². The van der Waals surface area contributed by atoms with Crippen molar-refractivity contribution in [1.82, 2.24) is 14.1 Å². The Labute approximate surface area is 304 Å². The fourth-order valence-corrected chi connectivity index (χ4v) is 6.73. The van der Waals surface area contributed by atoms with Gasteiger partial charge in [-0.1, -0.05) is 69.6 Å². The molecular weight excluding hydrogens is 684 g/mol. The zero-order valence-corrected chi connectivity index (χ0v) is 31.5. The summed E-state index contributed by atoms with van der Waals surface area (Å²) in [5, 5.41) is 0.213. The van der Waals surface area contributed by atoms with E-state index in [9.17, 15) is 4.79 Å². The van der Waals surface area contributed by atoms with Crippen LogP contribution in [0.2, 0.25) is 25.7 Å². The number of nitrogens with zero attached hydrogens (tertiary/aromatic N) is 3. The number of allylic oxidation sites excluding steroid dienone is 1. The summed E-state index contributed by atoms with van der Waals surface area (Å²) in [4.78, 5) is 16.8. The molecule has 0 saturated heterocycles. The first-order valence-corrected chi connectivity index (χ1v) is 21.2. The first-order chi connectivity index (χ1) is 24.8. The van der Waals surface area contributed by atoms with E-state index in [-0.39, 0.29) is 43.3 Å². The van der Waals surface area contributed by atoms with Crippen LogP contribution in [0.25, 0.3) is 28.4 Å². The maximum Gasteiger partial charge on any atom is 0.306 e. The van der Waals surface area contributed by atoms with Crippen molar-refractivity contribution >= 4 is 31.0 Å². The maximum atomic E-state index is 15.8. The zero-order chi connectivity index (χ0) is 37.6. The van der Waals surface area contributed by atoms with Gasteiger partial charge in [-0.15, -0.1) is 6.58 Å². The molecule has 0 bridgehead atoms. The Balaban J connectivity index is 1.44. The predicted octanol–water partition coefficient (Wildman–Crippen LogP) is 10.5. The van der Waals surface area contributed by atoms with Crippen LogP contribution in [-0.2, 0) is 34.0 Å². The molecule has 5 aromatic rings. The van der Waals surface area contributed by atoms with Gasteiger partial charge < -0.3 is 23.3 Å². The van der Waals surface area contributed by atoms with Gasteiger partial charge in [0.15, 0.2) is 17.4 Å². The molecule has 2 heterocycles. The van der Waals surface area contributed by atoms with Crippen molar-refractivity contribution in [3.05, 3.63) is 120 Å². The standard InChI is InChI=1S/C41H46F3N3O4Si/c1-8-19-46-25-35(27(4)31-13-11-12-29(38(31)43)15-17-37(48)50-10-3)45-41(46)33-23-30(16-14-28(33)9-2)51-40-34(42)24-36-32(39(40)44)18-20-47(36)26-49-21-22-52(5,6)7/h8-9,11-14,16,18,20,23-25,27H,1-2,10,15,17,19,21-22,26H2,3-7H3. The molecule has 0 fully saturated rings. The number of aryl methyl sites for hydroxylation is 1. The molecule has 0 aliphatic carbocycles. The number of carbonyl (C=O) groups excluding carboxylic acids is 1. The minimum absolute atomic E-state index is 0.0751. The number of halogens is 3. The maximum absolute atomic E-state index is 15.8. The van der Waals surface area contributed by atoms with Gasteiger partial charge >= 0.3 is 5.97 Å². The largest absolute Gasteiger partial charge is 0.466 e. The van der Waals surface area contributed by atoms with Crippen LogP contribution in [0, 0.1) is 17.5 Å². The van der Waals surface area contributed by atoms with Gasteiger partial charge in [0, 0.05) is 63.0 Å². The molecule has 274 valence electrons. The molecule has 0 spiro atoms. The van der Waals surface area contributed by atoms with Crippen molar-refractivity contribution in [2.75, 3.05) is 13.2 Å². The number of carbonyl (C=O) groups is 1. The Morgan fingerprint density at radius 2 is 1.83 bits per heavy atom. The molecule has 1 unspecified atom stereocenters. The molecule has 0 saturated carbocycles. The van der Waals surface area contributed by atoms with Crippen molar-refractivity contribution in [1.29, 1.82) is 0 Å². The molecule has 5 rings (SSSR count). The van der Waals surface area contributed by atoms with Crippen LogP contribution >= 0.6 is 0 Å². The summed E-state index contributed by atoms with van der Waals surface area (Å²) in [5.74, 6) is -2.71. The smallest absolute Gasteiger partial charge is 0.306 e. The molecule has 3 aromatic carbocycles. The van der Waals surface area contributed by atoms with Crippen molar-refractivity contribution in [2.45, 2.75) is 71.6 Å². The van der Waals surface area contributed by atoms with Gasteiger partial charge in [-0.2, -0.15) is 0 Å². The van der Waals surface area contributed by atoms with Gasteiger partial charge in [-0.25, -0.2) is 18.2 Å². The van der Waals surface area contributed by atoms with Crippen molar-refractivity contribution in [3.8, 4) is 22.9 Å². The average molecular weight is 730 g/mol. The summed E-state index contributed by atoms with van der Waals surface area (Å²) in [7, 11) is -1.28. The number of fused-ring (bicyclic) bond motifs is 1. The predicted molar refractivity (Wildman–Crippen MR) is 203 cm³/mol. The molecule has 1 atom stereocenters. The lowest BCUT2D eigenvalue weighted by molar-refractivity contribution is -0.143. The van der Waals surface area contributed by atoms with Crippen LogP contribution in [0.3, 0.4) is 0 Å². The lowest BCUT2D eigenvalue weighted by Crippen LogP contribution is -2.21. The highest BCUT2D eigenvalue weighted by atomic mass is 28.3. The molecule has 0 radical (unpaired) electrons. The lowest BCUT2D eigenvalue weighted by Gasteiger charge is -2.16. The van der Waals surface area contributed by atoms with Crippen LogP contribution < -0.4 is 4.74 Å². The lowest BCUT2D eigenvalue weighted by atomic mass is 9.94. The highest BCUT2D eigenvalue weighted by molar-refractivity contribution is 6.76.